The molecule has 0 saturated heterocycles. The number of nitrogen functional groups attached to an aromatic ring is 1. The summed E-state index contributed by atoms with van der Waals surface area (Å²) in [4.78, 5) is 0. The first-order valence-corrected chi connectivity index (χ1v) is 14.5. The average molecular weight is 520 g/mol. The maximum Gasteiger partial charge on any atom is 0.0561 e. The summed E-state index contributed by atoms with van der Waals surface area (Å²) in [6.07, 6.45) is 5.29. The Hall–Kier alpha value is -4.50. The van der Waals surface area contributed by atoms with Crippen LogP contribution in [-0.4, -0.2) is 4.57 Å². The molecule has 3 nitrogen and oxygen atoms in total. The van der Waals surface area contributed by atoms with Crippen LogP contribution in [-0.2, 0) is 5.41 Å². The molecule has 2 fully saturated rings. The monoisotopic (exact) mass is 519 g/mol. The Morgan fingerprint density at radius 3 is 2.05 bits per heavy atom. The Kier molecular flexibility index (Phi) is 5.28. The van der Waals surface area contributed by atoms with Gasteiger partial charge in [0.1, 0.15) is 0 Å². The standard InChI is InChI=1S/C37H33N3/c38-29-16-12-26(13-17-29)37(24-25-10-11-28(37)22-25)27-14-18-30(19-15-27)39-31-20-21-34-33-8-4-5-9-35(33)40(36(34)23-31)32-6-2-1-3-7-32/h1-9,12-21,23,25,28,39H,10-11,22,24,38H2. The lowest BCUT2D eigenvalue weighted by molar-refractivity contribution is 0.320. The van der Waals surface area contributed by atoms with Crippen LogP contribution in [0.4, 0.5) is 17.1 Å². The summed E-state index contributed by atoms with van der Waals surface area (Å²) < 4.78 is 2.37. The fourth-order valence-corrected chi connectivity index (χ4v) is 7.91. The van der Waals surface area contributed by atoms with Gasteiger partial charge in [-0.05, 0) is 96.8 Å². The van der Waals surface area contributed by atoms with E-state index in [0.717, 1.165) is 23.0 Å². The van der Waals surface area contributed by atoms with Gasteiger partial charge in [0.15, 0.2) is 0 Å². The fourth-order valence-electron chi connectivity index (χ4n) is 7.91. The van der Waals surface area contributed by atoms with Gasteiger partial charge in [-0.1, -0.05) is 73.2 Å². The second-order valence-corrected chi connectivity index (χ2v) is 11.8. The lowest BCUT2D eigenvalue weighted by Gasteiger charge is -2.39. The Balaban J connectivity index is 1.16. The zero-order valence-electron chi connectivity index (χ0n) is 22.6. The molecule has 2 aliphatic carbocycles. The maximum absolute atomic E-state index is 6.07. The van der Waals surface area contributed by atoms with Crippen molar-refractivity contribution in [2.24, 2.45) is 11.8 Å². The molecule has 2 aliphatic rings. The van der Waals surface area contributed by atoms with Gasteiger partial charge in [0, 0.05) is 38.9 Å². The largest absolute Gasteiger partial charge is 0.399 e. The molecule has 2 bridgehead atoms. The lowest BCUT2D eigenvalue weighted by Crippen LogP contribution is -2.34. The van der Waals surface area contributed by atoms with Crippen LogP contribution >= 0.6 is 0 Å². The van der Waals surface area contributed by atoms with Crippen molar-refractivity contribution in [1.82, 2.24) is 4.57 Å². The molecule has 0 radical (unpaired) electrons. The molecule has 8 rings (SSSR count). The van der Waals surface area contributed by atoms with E-state index in [-0.39, 0.29) is 5.41 Å². The molecule has 0 spiro atoms. The second kappa shape index (κ2) is 9.02. The number of hydrogen-bond donors (Lipinski definition) is 2. The summed E-state index contributed by atoms with van der Waals surface area (Å²) >= 11 is 0. The summed E-state index contributed by atoms with van der Waals surface area (Å²) in [5.41, 5.74) is 15.7. The van der Waals surface area contributed by atoms with Crippen molar-refractivity contribution < 1.29 is 0 Å². The van der Waals surface area contributed by atoms with Gasteiger partial charge in [-0.2, -0.15) is 0 Å². The number of fused-ring (bicyclic) bond motifs is 5. The van der Waals surface area contributed by atoms with Gasteiger partial charge in [0.05, 0.1) is 11.0 Å². The second-order valence-electron chi connectivity index (χ2n) is 11.8. The summed E-state index contributed by atoms with van der Waals surface area (Å²) in [5, 5.41) is 6.24. The Morgan fingerprint density at radius 2 is 1.32 bits per heavy atom. The number of benzene rings is 5. The zero-order chi connectivity index (χ0) is 26.7. The number of para-hydroxylation sites is 2. The van der Waals surface area contributed by atoms with Crippen LogP contribution in [0.2, 0.25) is 0 Å². The van der Waals surface area contributed by atoms with Crippen LogP contribution in [0.5, 0.6) is 0 Å². The first kappa shape index (κ1) is 23.4. The van der Waals surface area contributed by atoms with E-state index in [2.05, 4.69) is 131 Å². The molecule has 2 saturated carbocycles. The van der Waals surface area contributed by atoms with Crippen molar-refractivity contribution in [2.75, 3.05) is 11.1 Å². The van der Waals surface area contributed by atoms with Crippen LogP contribution in [0.25, 0.3) is 27.5 Å². The van der Waals surface area contributed by atoms with E-state index in [4.69, 9.17) is 5.73 Å². The molecule has 3 N–H and O–H groups in total. The zero-order valence-corrected chi connectivity index (χ0v) is 22.6. The number of anilines is 3. The van der Waals surface area contributed by atoms with Crippen molar-refractivity contribution in [3.8, 4) is 5.69 Å². The van der Waals surface area contributed by atoms with Crippen LogP contribution in [0.15, 0.2) is 121 Å². The maximum atomic E-state index is 6.07. The van der Waals surface area contributed by atoms with E-state index < -0.39 is 0 Å². The number of rotatable bonds is 5. The highest BCUT2D eigenvalue weighted by molar-refractivity contribution is 6.10. The summed E-state index contributed by atoms with van der Waals surface area (Å²) in [7, 11) is 0. The predicted octanol–water partition coefficient (Wildman–Crippen LogP) is 9.22. The highest BCUT2D eigenvalue weighted by atomic mass is 15.0. The third-order valence-corrected chi connectivity index (χ3v) is 9.65. The van der Waals surface area contributed by atoms with Crippen molar-refractivity contribution in [3.63, 3.8) is 0 Å². The Bertz CT molecular complexity index is 1830. The van der Waals surface area contributed by atoms with Gasteiger partial charge in [0.25, 0.3) is 0 Å². The molecule has 1 heterocycles. The van der Waals surface area contributed by atoms with E-state index in [9.17, 15) is 0 Å². The fraction of sp³-hybridized carbons (Fsp3) is 0.189. The quantitative estimate of drug-likeness (QED) is 0.223. The van der Waals surface area contributed by atoms with Crippen molar-refractivity contribution in [1.29, 1.82) is 0 Å². The highest BCUT2D eigenvalue weighted by Gasteiger charge is 2.52. The van der Waals surface area contributed by atoms with Crippen molar-refractivity contribution in [2.45, 2.75) is 31.1 Å². The minimum atomic E-state index is 0.102. The SMILES string of the molecule is Nc1ccc(C2(c3ccc(Nc4ccc5c6ccccc6n(-c6ccccc6)c5c4)cc3)CC3CCC2C3)cc1. The molecule has 40 heavy (non-hydrogen) atoms. The van der Waals surface area contributed by atoms with E-state index in [1.807, 2.05) is 0 Å². The van der Waals surface area contributed by atoms with Gasteiger partial charge in [-0.15, -0.1) is 0 Å². The Morgan fingerprint density at radius 1 is 0.650 bits per heavy atom. The summed E-state index contributed by atoms with van der Waals surface area (Å²) in [6, 6.07) is 44.0. The van der Waals surface area contributed by atoms with Gasteiger partial charge in [-0.25, -0.2) is 0 Å². The number of nitrogens with two attached hydrogens (primary N) is 1. The molecule has 3 heteroatoms. The Labute approximate surface area is 235 Å². The number of aromatic nitrogens is 1. The van der Waals surface area contributed by atoms with Crippen LogP contribution in [0.3, 0.4) is 0 Å². The molecule has 196 valence electrons. The molecule has 5 aromatic carbocycles. The third-order valence-electron chi connectivity index (χ3n) is 9.65. The molecular formula is C37H33N3. The van der Waals surface area contributed by atoms with Crippen molar-refractivity contribution >= 4 is 38.9 Å². The van der Waals surface area contributed by atoms with E-state index in [0.29, 0.717) is 5.92 Å². The van der Waals surface area contributed by atoms with E-state index in [1.165, 1.54) is 64.3 Å². The summed E-state index contributed by atoms with van der Waals surface area (Å²) in [6.45, 7) is 0. The predicted molar refractivity (Wildman–Crippen MR) is 168 cm³/mol. The van der Waals surface area contributed by atoms with E-state index >= 15 is 0 Å². The van der Waals surface area contributed by atoms with Gasteiger partial charge in [0.2, 0.25) is 0 Å². The molecular weight excluding hydrogens is 486 g/mol. The normalized spacial score (nSPS) is 21.8. The lowest BCUT2D eigenvalue weighted by atomic mass is 9.64. The smallest absolute Gasteiger partial charge is 0.0561 e. The number of hydrogen-bond acceptors (Lipinski definition) is 2. The minimum absolute atomic E-state index is 0.102. The topological polar surface area (TPSA) is 43.0 Å². The molecule has 1 aromatic heterocycles. The average Bonchev–Trinajstić information content (AvgIpc) is 3.70. The minimum Gasteiger partial charge on any atom is -0.399 e. The molecule has 0 amide bonds. The first-order chi connectivity index (χ1) is 19.7. The van der Waals surface area contributed by atoms with E-state index in [1.54, 1.807) is 0 Å². The molecule has 3 unspecified atom stereocenters. The number of nitrogens with one attached hydrogen (secondary N) is 1. The number of nitrogens with zero attached hydrogens (tertiary/aromatic N) is 1. The van der Waals surface area contributed by atoms with Gasteiger partial charge in [-0.3, -0.25) is 0 Å². The highest BCUT2D eigenvalue weighted by Crippen LogP contribution is 2.60. The first-order valence-electron chi connectivity index (χ1n) is 14.5. The van der Waals surface area contributed by atoms with Crippen molar-refractivity contribution in [3.05, 3.63) is 132 Å². The van der Waals surface area contributed by atoms with Gasteiger partial charge >= 0.3 is 0 Å². The molecule has 6 aromatic rings. The van der Waals surface area contributed by atoms with Crippen LogP contribution in [0, 0.1) is 11.8 Å². The third kappa shape index (κ3) is 3.57. The summed E-state index contributed by atoms with van der Waals surface area (Å²) in [5.74, 6) is 1.55. The van der Waals surface area contributed by atoms with Gasteiger partial charge < -0.3 is 15.6 Å². The molecule has 0 aliphatic heterocycles. The van der Waals surface area contributed by atoms with Crippen LogP contribution in [0.1, 0.15) is 36.8 Å². The molecule has 3 atom stereocenters. The van der Waals surface area contributed by atoms with Crippen LogP contribution < -0.4 is 11.1 Å².